The van der Waals surface area contributed by atoms with Gasteiger partial charge in [-0.2, -0.15) is 0 Å². The first-order chi connectivity index (χ1) is 9.21. The van der Waals surface area contributed by atoms with Crippen molar-refractivity contribution in [2.75, 3.05) is 19.6 Å². The fourth-order valence-electron chi connectivity index (χ4n) is 3.44. The van der Waals surface area contributed by atoms with Crippen LogP contribution in [0.1, 0.15) is 18.4 Å². The maximum absolute atomic E-state index is 11.8. The fourth-order valence-corrected chi connectivity index (χ4v) is 3.44. The third-order valence-electron chi connectivity index (χ3n) is 4.59. The monoisotopic (exact) mass is 260 g/mol. The van der Waals surface area contributed by atoms with E-state index in [-0.39, 0.29) is 5.92 Å². The molecule has 0 aromatic heterocycles. The van der Waals surface area contributed by atoms with Gasteiger partial charge in [0.25, 0.3) is 0 Å². The number of benzene rings is 1. The van der Waals surface area contributed by atoms with Crippen LogP contribution in [-0.4, -0.2) is 41.1 Å². The molecule has 2 bridgehead atoms. The van der Waals surface area contributed by atoms with E-state index < -0.39 is 11.5 Å². The summed E-state index contributed by atoms with van der Waals surface area (Å²) in [6.45, 7) is 3.36. The van der Waals surface area contributed by atoms with E-state index in [1.807, 2.05) is 30.3 Å². The molecule has 3 fully saturated rings. The highest BCUT2D eigenvalue weighted by molar-refractivity contribution is 5.80. The zero-order valence-corrected chi connectivity index (χ0v) is 11.0. The summed E-state index contributed by atoms with van der Waals surface area (Å²) in [6, 6.07) is 10.0. The molecule has 3 aliphatic heterocycles. The van der Waals surface area contributed by atoms with Crippen molar-refractivity contribution in [2.24, 2.45) is 5.92 Å². The summed E-state index contributed by atoms with van der Waals surface area (Å²) < 4.78 is 0. The second kappa shape index (κ2) is 4.94. The number of piperidine rings is 3. The Morgan fingerprint density at radius 1 is 1.32 bits per heavy atom. The SMILES string of the molecule is O=C(O)C1(NCc2ccccc2)CN2CCC1CC2. The molecule has 1 atom stereocenters. The lowest BCUT2D eigenvalue weighted by molar-refractivity contribution is -0.154. The second-order valence-electron chi connectivity index (χ2n) is 5.67. The van der Waals surface area contributed by atoms with Crippen molar-refractivity contribution >= 4 is 5.97 Å². The van der Waals surface area contributed by atoms with Crippen LogP contribution >= 0.6 is 0 Å². The van der Waals surface area contributed by atoms with E-state index in [9.17, 15) is 9.90 Å². The Labute approximate surface area is 113 Å². The minimum Gasteiger partial charge on any atom is -0.480 e. The molecule has 0 aliphatic carbocycles. The molecule has 3 aliphatic rings. The number of hydrogen-bond donors (Lipinski definition) is 2. The van der Waals surface area contributed by atoms with E-state index in [1.165, 1.54) is 0 Å². The van der Waals surface area contributed by atoms with Crippen molar-refractivity contribution in [3.05, 3.63) is 35.9 Å². The van der Waals surface area contributed by atoms with Gasteiger partial charge in [-0.1, -0.05) is 30.3 Å². The molecule has 3 saturated heterocycles. The van der Waals surface area contributed by atoms with Gasteiger partial charge >= 0.3 is 5.97 Å². The number of carboxylic acid groups (broad SMARTS) is 1. The molecule has 102 valence electrons. The van der Waals surface area contributed by atoms with Gasteiger partial charge in [0.2, 0.25) is 0 Å². The maximum Gasteiger partial charge on any atom is 0.325 e. The summed E-state index contributed by atoms with van der Waals surface area (Å²) in [4.78, 5) is 14.1. The van der Waals surface area contributed by atoms with Crippen LogP contribution in [0.15, 0.2) is 30.3 Å². The molecule has 4 heteroatoms. The van der Waals surface area contributed by atoms with Gasteiger partial charge in [0.05, 0.1) is 0 Å². The fraction of sp³-hybridized carbons (Fsp3) is 0.533. The molecule has 0 saturated carbocycles. The molecular formula is C15H20N2O2. The van der Waals surface area contributed by atoms with Gasteiger partial charge in [-0.25, -0.2) is 0 Å². The Bertz CT molecular complexity index is 454. The maximum atomic E-state index is 11.8. The average Bonchev–Trinajstić information content (AvgIpc) is 2.47. The van der Waals surface area contributed by atoms with Crippen molar-refractivity contribution in [3.63, 3.8) is 0 Å². The quantitative estimate of drug-likeness (QED) is 0.857. The smallest absolute Gasteiger partial charge is 0.325 e. The van der Waals surface area contributed by atoms with Crippen molar-refractivity contribution < 1.29 is 9.90 Å². The molecule has 19 heavy (non-hydrogen) atoms. The highest BCUT2D eigenvalue weighted by Crippen LogP contribution is 2.36. The molecule has 1 unspecified atom stereocenters. The minimum absolute atomic E-state index is 0.263. The van der Waals surface area contributed by atoms with Gasteiger partial charge < -0.3 is 10.0 Å². The number of carboxylic acids is 1. The Hall–Kier alpha value is -1.39. The molecular weight excluding hydrogens is 240 g/mol. The van der Waals surface area contributed by atoms with E-state index >= 15 is 0 Å². The number of hydrogen-bond acceptors (Lipinski definition) is 3. The van der Waals surface area contributed by atoms with Crippen LogP contribution in [0.3, 0.4) is 0 Å². The molecule has 4 nitrogen and oxygen atoms in total. The largest absolute Gasteiger partial charge is 0.480 e. The minimum atomic E-state index is -0.758. The lowest BCUT2D eigenvalue weighted by atomic mass is 9.72. The Morgan fingerprint density at radius 3 is 2.53 bits per heavy atom. The van der Waals surface area contributed by atoms with E-state index in [0.29, 0.717) is 13.1 Å². The molecule has 0 amide bonds. The normalized spacial score (nSPS) is 33.3. The third kappa shape index (κ3) is 2.26. The Balaban J connectivity index is 1.76. The molecule has 3 heterocycles. The van der Waals surface area contributed by atoms with Gasteiger partial charge in [-0.05, 0) is 37.4 Å². The Kier molecular flexibility index (Phi) is 3.29. The molecule has 1 aromatic rings. The van der Waals surface area contributed by atoms with Crippen molar-refractivity contribution in [1.29, 1.82) is 0 Å². The highest BCUT2D eigenvalue weighted by Gasteiger charge is 2.51. The first kappa shape index (κ1) is 12.6. The topological polar surface area (TPSA) is 52.6 Å². The number of nitrogens with one attached hydrogen (secondary N) is 1. The van der Waals surface area contributed by atoms with Crippen LogP contribution in [0.2, 0.25) is 0 Å². The number of fused-ring (bicyclic) bond motifs is 3. The van der Waals surface area contributed by atoms with Crippen LogP contribution in [0.5, 0.6) is 0 Å². The van der Waals surface area contributed by atoms with Crippen LogP contribution in [0.4, 0.5) is 0 Å². The van der Waals surface area contributed by atoms with Crippen LogP contribution in [0.25, 0.3) is 0 Å². The number of aliphatic carboxylic acids is 1. The zero-order chi connectivity index (χ0) is 13.3. The average molecular weight is 260 g/mol. The summed E-state index contributed by atoms with van der Waals surface area (Å²) in [5.74, 6) is -0.434. The van der Waals surface area contributed by atoms with Gasteiger partial charge in [0.15, 0.2) is 0 Å². The summed E-state index contributed by atoms with van der Waals surface area (Å²) in [7, 11) is 0. The van der Waals surface area contributed by atoms with E-state index in [1.54, 1.807) is 0 Å². The van der Waals surface area contributed by atoms with Crippen LogP contribution < -0.4 is 5.32 Å². The van der Waals surface area contributed by atoms with Crippen LogP contribution in [0, 0.1) is 5.92 Å². The first-order valence-electron chi connectivity index (χ1n) is 6.95. The predicted molar refractivity (Wildman–Crippen MR) is 72.8 cm³/mol. The van der Waals surface area contributed by atoms with E-state index in [0.717, 1.165) is 31.5 Å². The summed E-state index contributed by atoms with van der Waals surface area (Å²) in [6.07, 6.45) is 1.99. The third-order valence-corrected chi connectivity index (χ3v) is 4.59. The van der Waals surface area contributed by atoms with Gasteiger partial charge in [-0.3, -0.25) is 10.1 Å². The number of nitrogens with zero attached hydrogens (tertiary/aromatic N) is 1. The van der Waals surface area contributed by atoms with Crippen molar-refractivity contribution in [1.82, 2.24) is 10.2 Å². The molecule has 0 spiro atoms. The van der Waals surface area contributed by atoms with Crippen LogP contribution in [-0.2, 0) is 11.3 Å². The molecule has 1 aromatic carbocycles. The van der Waals surface area contributed by atoms with E-state index in [2.05, 4.69) is 10.2 Å². The predicted octanol–water partition coefficient (Wildman–Crippen LogP) is 1.33. The zero-order valence-electron chi connectivity index (χ0n) is 11.0. The van der Waals surface area contributed by atoms with Gasteiger partial charge in [0, 0.05) is 13.1 Å². The first-order valence-corrected chi connectivity index (χ1v) is 6.95. The van der Waals surface area contributed by atoms with Gasteiger partial charge in [-0.15, -0.1) is 0 Å². The summed E-state index contributed by atoms with van der Waals surface area (Å²) >= 11 is 0. The van der Waals surface area contributed by atoms with Gasteiger partial charge in [0.1, 0.15) is 5.54 Å². The summed E-state index contributed by atoms with van der Waals surface area (Å²) in [5, 5.41) is 13.0. The molecule has 2 N–H and O–H groups in total. The standard InChI is InChI=1S/C15H20N2O2/c18-14(19)15(11-17-8-6-13(15)7-9-17)16-10-12-4-2-1-3-5-12/h1-5,13,16H,6-11H2,(H,18,19). The second-order valence-corrected chi connectivity index (χ2v) is 5.67. The lowest BCUT2D eigenvalue weighted by Gasteiger charge is -2.51. The van der Waals surface area contributed by atoms with Crippen molar-refractivity contribution in [2.45, 2.75) is 24.9 Å². The lowest BCUT2D eigenvalue weighted by Crippen LogP contribution is -2.69. The highest BCUT2D eigenvalue weighted by atomic mass is 16.4. The van der Waals surface area contributed by atoms with Crippen molar-refractivity contribution in [3.8, 4) is 0 Å². The van der Waals surface area contributed by atoms with E-state index in [4.69, 9.17) is 0 Å². The Morgan fingerprint density at radius 2 is 2.00 bits per heavy atom. The molecule has 0 radical (unpaired) electrons. The number of carbonyl (C=O) groups is 1. The molecule has 4 rings (SSSR count). The summed E-state index contributed by atoms with van der Waals surface area (Å²) in [5.41, 5.74) is 0.381. The number of rotatable bonds is 4.